The van der Waals surface area contributed by atoms with Gasteiger partial charge in [0, 0.05) is 69.4 Å². The number of aryl methyl sites for hydroxylation is 1. The van der Waals surface area contributed by atoms with E-state index >= 15 is 0 Å². The Kier molecular flexibility index (Phi) is 10.5. The molecule has 12 heteroatoms. The molecule has 5 amide bonds. The lowest BCUT2D eigenvalue weighted by Crippen LogP contribution is -2.50. The minimum atomic E-state index is -0.291. The molecule has 1 N–H and O–H groups in total. The molecule has 0 unspecified atom stereocenters. The molecule has 0 saturated carbocycles. The predicted molar refractivity (Wildman–Crippen MR) is 177 cm³/mol. The van der Waals surface area contributed by atoms with Gasteiger partial charge in [0.2, 0.25) is 29.5 Å². The summed E-state index contributed by atoms with van der Waals surface area (Å²) in [6.45, 7) is 5.45. The fourth-order valence-electron chi connectivity index (χ4n) is 7.41. The van der Waals surface area contributed by atoms with Crippen LogP contribution in [0, 0.1) is 18.8 Å². The second-order valence-corrected chi connectivity index (χ2v) is 14.8. The van der Waals surface area contributed by atoms with Crippen LogP contribution in [0.5, 0.6) is 0 Å². The Morgan fingerprint density at radius 2 is 1.64 bits per heavy atom. The van der Waals surface area contributed by atoms with Gasteiger partial charge in [-0.3, -0.25) is 24.0 Å². The zero-order chi connectivity index (χ0) is 32.9. The van der Waals surface area contributed by atoms with Gasteiger partial charge in [-0.1, -0.05) is 30.3 Å². The van der Waals surface area contributed by atoms with Crippen LogP contribution in [0.15, 0.2) is 30.3 Å². The molecule has 1 aromatic carbocycles. The van der Waals surface area contributed by atoms with Crippen molar-refractivity contribution in [3.05, 3.63) is 51.5 Å². The molecule has 0 aliphatic carbocycles. The topological polar surface area (TPSA) is 123 Å². The maximum Gasteiger partial charge on any atom is 0.242 e. The number of thiazole rings is 1. The van der Waals surface area contributed by atoms with Crippen LogP contribution in [0.25, 0.3) is 0 Å². The number of nitrogens with zero attached hydrogens (tertiary/aromatic N) is 5. The number of piperidine rings is 2. The molecule has 47 heavy (non-hydrogen) atoms. The lowest BCUT2D eigenvalue weighted by atomic mass is 9.80. The zero-order valence-electron chi connectivity index (χ0n) is 27.3. The number of likely N-dealkylation sites (tertiary alicyclic amines) is 1. The van der Waals surface area contributed by atoms with Crippen LogP contribution in [0.4, 0.5) is 0 Å². The Morgan fingerprint density at radius 3 is 2.38 bits per heavy atom. The molecule has 5 aliphatic rings. The van der Waals surface area contributed by atoms with Gasteiger partial charge >= 0.3 is 0 Å². The van der Waals surface area contributed by atoms with E-state index in [1.165, 1.54) is 4.90 Å². The average molecular weight is 663 g/mol. The first-order valence-electron chi connectivity index (χ1n) is 17.1. The van der Waals surface area contributed by atoms with Gasteiger partial charge in [-0.25, -0.2) is 4.98 Å². The quantitative estimate of drug-likeness (QED) is 0.508. The first-order valence-corrected chi connectivity index (χ1v) is 17.9. The third kappa shape index (κ3) is 8.20. The number of carbonyl (C=O) groups excluding carboxylic acids is 5. The standard InChI is InChI=1S/C35H46N6O5S/c1-24-29-19-32(44)40-16-11-27(17-30(42)36-20-25-7-3-2-4-8-25)28(21-40)18-31(43)41(22-33(45)38-12-5-6-13-38)23-34(46)39-14-9-26(10-15-39)35(37-29)47-24/h2-4,7-8,26-28H,5-6,9-23H2,1H3,(H,36,42)/t27-,28-/m0/s1. The van der Waals surface area contributed by atoms with Crippen molar-refractivity contribution in [3.8, 4) is 0 Å². The van der Waals surface area contributed by atoms with Crippen molar-refractivity contribution in [2.45, 2.75) is 70.8 Å². The van der Waals surface area contributed by atoms with Crippen LogP contribution in [0.3, 0.4) is 0 Å². The summed E-state index contributed by atoms with van der Waals surface area (Å²) in [6, 6.07) is 9.72. The normalized spacial score (nSPS) is 24.1. The summed E-state index contributed by atoms with van der Waals surface area (Å²) in [5.41, 5.74) is 1.81. The van der Waals surface area contributed by atoms with Crippen molar-refractivity contribution in [1.82, 2.24) is 29.9 Å². The summed E-state index contributed by atoms with van der Waals surface area (Å²) in [7, 11) is 0. The number of carbonyl (C=O) groups is 5. The first-order chi connectivity index (χ1) is 22.7. The van der Waals surface area contributed by atoms with E-state index in [4.69, 9.17) is 4.98 Å². The van der Waals surface area contributed by atoms with E-state index in [9.17, 15) is 24.0 Å². The molecule has 6 bridgehead atoms. The van der Waals surface area contributed by atoms with Crippen molar-refractivity contribution in [1.29, 1.82) is 0 Å². The van der Waals surface area contributed by atoms with Crippen molar-refractivity contribution >= 4 is 40.9 Å². The third-order valence-corrected chi connectivity index (χ3v) is 11.5. The van der Waals surface area contributed by atoms with Gasteiger partial charge in [-0.15, -0.1) is 11.3 Å². The molecule has 6 heterocycles. The van der Waals surface area contributed by atoms with Crippen molar-refractivity contribution in [2.24, 2.45) is 11.8 Å². The molecule has 5 aliphatic heterocycles. The van der Waals surface area contributed by atoms with Gasteiger partial charge in [-0.2, -0.15) is 0 Å². The van der Waals surface area contributed by atoms with Gasteiger partial charge in [0.25, 0.3) is 0 Å². The van der Waals surface area contributed by atoms with Crippen molar-refractivity contribution < 1.29 is 24.0 Å². The van der Waals surface area contributed by atoms with Crippen LogP contribution >= 0.6 is 11.3 Å². The highest BCUT2D eigenvalue weighted by atomic mass is 32.1. The fourth-order valence-corrected chi connectivity index (χ4v) is 8.52. The highest BCUT2D eigenvalue weighted by molar-refractivity contribution is 7.11. The number of nitrogens with one attached hydrogen (secondary N) is 1. The summed E-state index contributed by atoms with van der Waals surface area (Å²) < 4.78 is 0. The van der Waals surface area contributed by atoms with Gasteiger partial charge in [-0.05, 0) is 56.4 Å². The number of benzene rings is 1. The number of fused-ring (bicyclic) bond motifs is 7. The Morgan fingerprint density at radius 1 is 0.915 bits per heavy atom. The van der Waals surface area contributed by atoms with E-state index in [1.54, 1.807) is 16.2 Å². The lowest BCUT2D eigenvalue weighted by Gasteiger charge is -2.39. The minimum Gasteiger partial charge on any atom is -0.352 e. The summed E-state index contributed by atoms with van der Waals surface area (Å²) in [5.74, 6) is -0.877. The van der Waals surface area contributed by atoms with E-state index in [2.05, 4.69) is 5.32 Å². The summed E-state index contributed by atoms with van der Waals surface area (Å²) >= 11 is 1.65. The molecule has 0 spiro atoms. The van der Waals surface area contributed by atoms with E-state index in [-0.39, 0.29) is 79.6 Å². The van der Waals surface area contributed by atoms with E-state index in [1.807, 2.05) is 47.1 Å². The Balaban J connectivity index is 1.23. The molecule has 0 radical (unpaired) electrons. The van der Waals surface area contributed by atoms with E-state index < -0.39 is 0 Å². The van der Waals surface area contributed by atoms with Crippen molar-refractivity contribution in [3.63, 3.8) is 0 Å². The van der Waals surface area contributed by atoms with Gasteiger partial charge < -0.3 is 24.9 Å². The molecule has 11 nitrogen and oxygen atoms in total. The molecule has 1 aromatic heterocycles. The molecular weight excluding hydrogens is 616 g/mol. The first kappa shape index (κ1) is 33.1. The second-order valence-electron chi connectivity index (χ2n) is 13.5. The van der Waals surface area contributed by atoms with Gasteiger partial charge in [0.1, 0.15) is 13.1 Å². The fraction of sp³-hybridized carbons (Fsp3) is 0.600. The van der Waals surface area contributed by atoms with Crippen LogP contribution in [0.1, 0.15) is 72.0 Å². The number of hydrogen-bond acceptors (Lipinski definition) is 7. The molecule has 3 saturated heterocycles. The van der Waals surface area contributed by atoms with Gasteiger partial charge in [0.15, 0.2) is 0 Å². The monoisotopic (exact) mass is 662 g/mol. The highest BCUT2D eigenvalue weighted by Gasteiger charge is 2.37. The second kappa shape index (κ2) is 15.0. The van der Waals surface area contributed by atoms with Crippen LogP contribution in [-0.4, -0.2) is 106 Å². The molecular formula is C35H46N6O5S. The smallest absolute Gasteiger partial charge is 0.242 e. The average Bonchev–Trinajstić information content (AvgIpc) is 3.75. The molecule has 7 rings (SSSR count). The molecule has 3 fully saturated rings. The Bertz CT molecular complexity index is 1470. The highest BCUT2D eigenvalue weighted by Crippen LogP contribution is 2.34. The van der Waals surface area contributed by atoms with E-state index in [0.29, 0.717) is 52.2 Å². The molecule has 2 aromatic rings. The zero-order valence-corrected chi connectivity index (χ0v) is 28.1. The SMILES string of the molecule is Cc1sc2nc1CC(=O)N1CC[C@@H](CC(=O)NCc3ccccc3)[C@@H](CC(=O)N(CC(=O)N3CCCC3)CC(=O)N3CCC2CC3)C1. The molecule has 2 atom stereocenters. The van der Waals surface area contributed by atoms with Crippen LogP contribution < -0.4 is 5.32 Å². The van der Waals surface area contributed by atoms with Crippen LogP contribution in [0.2, 0.25) is 0 Å². The number of aromatic nitrogens is 1. The Hall–Kier alpha value is -3.80. The number of amides is 5. The maximum absolute atomic E-state index is 14.1. The van der Waals surface area contributed by atoms with Crippen molar-refractivity contribution in [2.75, 3.05) is 52.4 Å². The largest absolute Gasteiger partial charge is 0.352 e. The predicted octanol–water partition coefficient (Wildman–Crippen LogP) is 2.73. The summed E-state index contributed by atoms with van der Waals surface area (Å²) in [4.78, 5) is 80.5. The summed E-state index contributed by atoms with van der Waals surface area (Å²) in [6.07, 6.45) is 4.51. The maximum atomic E-state index is 14.1. The Labute approximate surface area is 280 Å². The third-order valence-electron chi connectivity index (χ3n) is 10.3. The summed E-state index contributed by atoms with van der Waals surface area (Å²) in [5, 5.41) is 4.04. The van der Waals surface area contributed by atoms with E-state index in [0.717, 1.165) is 46.8 Å². The number of hydrogen-bond donors (Lipinski definition) is 1. The lowest BCUT2D eigenvalue weighted by molar-refractivity contribution is -0.146. The molecule has 252 valence electrons. The van der Waals surface area contributed by atoms with Crippen LogP contribution in [-0.2, 0) is 36.9 Å². The number of rotatable bonds is 6. The minimum absolute atomic E-state index is 0.0234. The van der Waals surface area contributed by atoms with Gasteiger partial charge in [0.05, 0.1) is 17.1 Å².